The van der Waals surface area contributed by atoms with Crippen molar-refractivity contribution in [2.24, 2.45) is 0 Å². The van der Waals surface area contributed by atoms with Crippen LogP contribution in [0.1, 0.15) is 365 Å². The number of hydrogen-bond donors (Lipinski definition) is 0. The van der Waals surface area contributed by atoms with E-state index in [0.29, 0.717) is 0 Å². The van der Waals surface area contributed by atoms with Crippen molar-refractivity contribution < 1.29 is 21.2 Å². The Morgan fingerprint density at radius 3 is 1.14 bits per heavy atom. The van der Waals surface area contributed by atoms with E-state index in [1.54, 1.807) is 0 Å². The molecule has 3 heteroatoms. The van der Waals surface area contributed by atoms with Gasteiger partial charge in [-0.1, -0.05) is 334 Å². The van der Waals surface area contributed by atoms with E-state index >= 15 is 0 Å². The van der Waals surface area contributed by atoms with Gasteiger partial charge in [-0.15, -0.1) is 0 Å². The van der Waals surface area contributed by atoms with Gasteiger partial charge >= 0.3 is 16.5 Å². The zero-order valence-corrected chi connectivity index (χ0v) is 53.8. The molecule has 2 aromatic carbocycles. The fraction of sp³-hybridized carbons (Fsp3) is 0.733. The molecule has 0 unspecified atom stereocenters. The minimum absolute atomic E-state index is 0. The largest absolute Gasteiger partial charge is 2.00 e. The predicted molar refractivity (Wildman–Crippen MR) is 349 cm³/mol. The summed E-state index contributed by atoms with van der Waals surface area (Å²) in [7, 11) is 0. The average molecular weight is 1120 g/mol. The van der Waals surface area contributed by atoms with Gasteiger partial charge in [0.2, 0.25) is 11.4 Å². The van der Waals surface area contributed by atoms with Crippen LogP contribution in [-0.4, -0.2) is 4.70 Å². The van der Waals surface area contributed by atoms with Crippen LogP contribution in [0.25, 0.3) is 16.9 Å². The second kappa shape index (κ2) is 59.4. The first-order valence-corrected chi connectivity index (χ1v) is 34.4. The third-order valence-corrected chi connectivity index (χ3v) is 16.1. The molecule has 1 heterocycles. The molecule has 0 aliphatic carbocycles. The molecule has 0 fully saturated rings. The van der Waals surface area contributed by atoms with Crippen LogP contribution in [0.4, 0.5) is 0 Å². The zero-order chi connectivity index (χ0) is 55.8. The zero-order valence-electron chi connectivity index (χ0n) is 52.8. The summed E-state index contributed by atoms with van der Waals surface area (Å²) < 4.78 is 1.52. The van der Waals surface area contributed by atoms with Gasteiger partial charge in [-0.25, -0.2) is 4.70 Å². The Bertz CT molecular complexity index is 1640. The van der Waals surface area contributed by atoms with E-state index in [-0.39, 0.29) is 16.5 Å². The maximum absolute atomic E-state index is 11.9. The molecule has 450 valence electrons. The van der Waals surface area contributed by atoms with Crippen molar-refractivity contribution in [2.45, 2.75) is 356 Å². The topological polar surface area (TPSA) is 25.3 Å². The number of hydrogen-bond acceptors (Lipinski definition) is 0. The molecule has 0 saturated carbocycles. The van der Waals surface area contributed by atoms with Crippen molar-refractivity contribution in [3.8, 4) is 0 Å². The van der Waals surface area contributed by atoms with Crippen LogP contribution in [0, 0.1) is 13.8 Å². The SMILES string of the molecule is CCCCCCCCCCCC=CCCc1ccccc1C1=CC(CCCCCCCCCCCCCCCCCCCCCCCC)=C(c2ccc(CCCC)cc2)[N+]1=[N-].[CH2-]CCCCCCC.[CH2-]CCCCCCC.[Ni+2]. The molecule has 3 rings (SSSR count). The van der Waals surface area contributed by atoms with E-state index in [1.165, 1.54) is 309 Å². The summed E-state index contributed by atoms with van der Waals surface area (Å²) in [5.74, 6) is 0. The van der Waals surface area contributed by atoms with Crippen molar-refractivity contribution in [1.82, 2.24) is 0 Å². The summed E-state index contributed by atoms with van der Waals surface area (Å²) in [6.07, 6.45) is 74.3. The quantitative estimate of drug-likeness (QED) is 0.0207. The monoisotopic (exact) mass is 1120 g/mol. The first-order chi connectivity index (χ1) is 38.0. The summed E-state index contributed by atoms with van der Waals surface area (Å²) in [5.41, 5.74) is 20.1. The standard InChI is InChI=1S/C59H96N2.2C8H17.Ni/c1-4-7-10-12-14-16-18-20-21-22-23-24-25-26-27-28-30-32-34-36-38-40-46-56-52-58(61(60)59(56)55-50-48-53(49-51-55)43-9-6-3)57-47-42-41-45-54(57)44-39-37-35-33-31-29-19-17-15-13-11-8-5-2;2*1-3-5-7-8-6-4-2;/h35,37,41-42,45,47-52H,4-34,36,38-40,43-44,46H2,1-3H3;2*1,3-8H2,2H3;/q;2*-1;+2. The Kier molecular flexibility index (Phi) is 57.7. The van der Waals surface area contributed by atoms with Gasteiger partial charge in [0.1, 0.15) is 0 Å². The molecule has 1 aliphatic heterocycles. The maximum atomic E-state index is 11.9. The molecule has 0 atom stereocenters. The minimum atomic E-state index is 0. The maximum Gasteiger partial charge on any atom is 2.00 e. The van der Waals surface area contributed by atoms with Crippen LogP contribution >= 0.6 is 0 Å². The second-order valence-corrected chi connectivity index (χ2v) is 23.5. The molecule has 0 amide bonds. The second-order valence-electron chi connectivity index (χ2n) is 23.5. The van der Waals surface area contributed by atoms with Gasteiger partial charge in [0, 0.05) is 22.8 Å². The molecule has 0 aromatic heterocycles. The van der Waals surface area contributed by atoms with Gasteiger partial charge in [0.05, 0.1) is 0 Å². The molecule has 0 bridgehead atoms. The third kappa shape index (κ3) is 42.6. The average Bonchev–Trinajstić information content (AvgIpc) is 3.85. The van der Waals surface area contributed by atoms with Crippen LogP contribution in [-0.2, 0) is 29.3 Å². The Morgan fingerprint density at radius 2 is 0.731 bits per heavy atom. The van der Waals surface area contributed by atoms with E-state index in [4.69, 9.17) is 0 Å². The number of rotatable bonds is 51. The number of aryl methyl sites for hydroxylation is 2. The molecule has 78 heavy (non-hydrogen) atoms. The third-order valence-electron chi connectivity index (χ3n) is 16.1. The van der Waals surface area contributed by atoms with E-state index in [2.05, 4.69) is 115 Å². The Morgan fingerprint density at radius 1 is 0.372 bits per heavy atom. The molecular formula is C75H130N2Ni. The minimum Gasteiger partial charge on any atom is -0.493 e. The smallest absolute Gasteiger partial charge is 0.493 e. The van der Waals surface area contributed by atoms with Gasteiger partial charge < -0.3 is 19.4 Å². The first kappa shape index (κ1) is 75.8. The van der Waals surface area contributed by atoms with E-state index < -0.39 is 0 Å². The van der Waals surface area contributed by atoms with E-state index in [1.807, 2.05) is 0 Å². The number of unbranched alkanes of at least 4 members (excludes halogenated alkanes) is 41. The molecule has 0 spiro atoms. The van der Waals surface area contributed by atoms with Crippen LogP contribution in [0.15, 0.2) is 72.3 Å². The molecule has 0 N–H and O–H groups in total. The molecule has 0 radical (unpaired) electrons. The summed E-state index contributed by atoms with van der Waals surface area (Å²) in [6.45, 7) is 18.9. The van der Waals surface area contributed by atoms with Gasteiger partial charge in [-0.3, -0.25) is 0 Å². The molecule has 1 aliphatic rings. The fourth-order valence-electron chi connectivity index (χ4n) is 11.0. The van der Waals surface area contributed by atoms with Gasteiger partial charge in [0.25, 0.3) is 0 Å². The van der Waals surface area contributed by atoms with E-state index in [9.17, 15) is 5.53 Å². The van der Waals surface area contributed by atoms with Crippen LogP contribution in [0.5, 0.6) is 0 Å². The van der Waals surface area contributed by atoms with Gasteiger partial charge in [0.15, 0.2) is 0 Å². The normalized spacial score (nSPS) is 12.2. The summed E-state index contributed by atoms with van der Waals surface area (Å²) >= 11 is 0. The molecule has 0 saturated heterocycles. The van der Waals surface area contributed by atoms with Crippen molar-refractivity contribution in [3.05, 3.63) is 114 Å². The van der Waals surface area contributed by atoms with Crippen molar-refractivity contribution in [2.75, 3.05) is 0 Å². The van der Waals surface area contributed by atoms with Crippen LogP contribution < -0.4 is 0 Å². The van der Waals surface area contributed by atoms with Gasteiger partial charge in [-0.05, 0) is 80.7 Å². The van der Waals surface area contributed by atoms with Crippen molar-refractivity contribution >= 4 is 11.4 Å². The Balaban J connectivity index is 0.00000301. The Labute approximate surface area is 499 Å². The summed E-state index contributed by atoms with van der Waals surface area (Å²) in [5, 5.41) is 0. The number of benzene rings is 2. The molecule has 2 aromatic rings. The number of allylic oxidation sites excluding steroid dienone is 4. The summed E-state index contributed by atoms with van der Waals surface area (Å²) in [6, 6.07) is 17.8. The van der Waals surface area contributed by atoms with Gasteiger partial charge in [-0.2, -0.15) is 12.8 Å². The van der Waals surface area contributed by atoms with Crippen molar-refractivity contribution in [3.63, 3.8) is 0 Å². The fourth-order valence-corrected chi connectivity index (χ4v) is 11.0. The molecule has 2 nitrogen and oxygen atoms in total. The molecular weight excluding hydrogens is 988 g/mol. The Hall–Kier alpha value is -2.25. The van der Waals surface area contributed by atoms with Crippen LogP contribution in [0.3, 0.4) is 0 Å². The van der Waals surface area contributed by atoms with Crippen LogP contribution in [0.2, 0.25) is 0 Å². The number of nitrogens with zero attached hydrogens (tertiary/aromatic N) is 2. The van der Waals surface area contributed by atoms with Crippen molar-refractivity contribution in [1.29, 1.82) is 0 Å². The predicted octanol–water partition coefficient (Wildman–Crippen LogP) is 26.6. The first-order valence-electron chi connectivity index (χ1n) is 34.4. The summed E-state index contributed by atoms with van der Waals surface area (Å²) in [4.78, 5) is 0. The van der Waals surface area contributed by atoms with E-state index in [0.717, 1.165) is 55.5 Å².